The number of hydrogen-bond donors (Lipinski definition) is 0. The quantitative estimate of drug-likeness (QED) is 0.670. The Kier molecular flexibility index (Phi) is 4.19. The van der Waals surface area contributed by atoms with Gasteiger partial charge >= 0.3 is 6.36 Å². The van der Waals surface area contributed by atoms with Crippen LogP contribution in [-0.4, -0.2) is 11.3 Å². The molecule has 0 radical (unpaired) electrons. The van der Waals surface area contributed by atoms with Gasteiger partial charge < -0.3 is 4.74 Å². The second-order valence-electron chi connectivity index (χ2n) is 3.53. The monoisotopic (exact) mass is 399 g/mol. The topological polar surface area (TPSA) is 22.1 Å². The summed E-state index contributed by atoms with van der Waals surface area (Å²) in [6.45, 7) is 0. The Labute approximate surface area is 125 Å². The second-order valence-corrected chi connectivity index (χ2v) is 5.13. The maximum Gasteiger partial charge on any atom is 0.573 e. The van der Waals surface area contributed by atoms with Crippen molar-refractivity contribution >= 4 is 34.2 Å². The zero-order valence-electron chi connectivity index (χ0n) is 9.21. The van der Waals surface area contributed by atoms with Crippen LogP contribution < -0.4 is 4.74 Å². The van der Waals surface area contributed by atoms with Crippen molar-refractivity contribution in [2.75, 3.05) is 0 Å². The Morgan fingerprint density at radius 1 is 1.21 bits per heavy atom. The molecule has 0 atom stereocenters. The molecule has 0 amide bonds. The Morgan fingerprint density at radius 2 is 1.89 bits per heavy atom. The fourth-order valence-corrected chi connectivity index (χ4v) is 2.60. The van der Waals surface area contributed by atoms with Gasteiger partial charge in [-0.05, 0) is 40.8 Å². The molecule has 0 spiro atoms. The van der Waals surface area contributed by atoms with Gasteiger partial charge in [0.1, 0.15) is 5.75 Å². The van der Waals surface area contributed by atoms with E-state index >= 15 is 0 Å². The van der Waals surface area contributed by atoms with Gasteiger partial charge in [-0.3, -0.25) is 4.98 Å². The fourth-order valence-electron chi connectivity index (χ4n) is 1.49. The van der Waals surface area contributed by atoms with Gasteiger partial charge in [-0.2, -0.15) is 0 Å². The Bertz CT molecular complexity index is 604. The van der Waals surface area contributed by atoms with E-state index in [-0.39, 0.29) is 11.3 Å². The molecule has 1 aromatic heterocycles. The summed E-state index contributed by atoms with van der Waals surface area (Å²) < 4.78 is 41.6. The third-order valence-corrected chi connectivity index (χ3v) is 3.20. The molecule has 100 valence electrons. The maximum atomic E-state index is 12.3. The molecule has 0 aliphatic heterocycles. The lowest BCUT2D eigenvalue weighted by Gasteiger charge is -2.13. The average Bonchev–Trinajstić information content (AvgIpc) is 2.28. The molecule has 0 bridgehead atoms. The summed E-state index contributed by atoms with van der Waals surface area (Å²) in [7, 11) is 0. The van der Waals surface area contributed by atoms with Gasteiger partial charge in [0.05, 0.1) is 10.7 Å². The molecule has 0 unspecified atom stereocenters. The van der Waals surface area contributed by atoms with Crippen LogP contribution in [0.2, 0.25) is 5.02 Å². The van der Waals surface area contributed by atoms with E-state index in [0.29, 0.717) is 14.3 Å². The first-order valence-electron chi connectivity index (χ1n) is 5.03. The van der Waals surface area contributed by atoms with Crippen LogP contribution in [0.1, 0.15) is 0 Å². The largest absolute Gasteiger partial charge is 0.573 e. The van der Waals surface area contributed by atoms with Crippen LogP contribution in [0.25, 0.3) is 11.3 Å². The Hall–Kier alpha value is -1.02. The number of pyridine rings is 1. The zero-order valence-corrected chi connectivity index (χ0v) is 12.1. The number of hydrogen-bond acceptors (Lipinski definition) is 2. The number of rotatable bonds is 2. The van der Waals surface area contributed by atoms with Crippen LogP contribution in [0.15, 0.2) is 36.5 Å². The molecule has 0 aliphatic carbocycles. The Balaban J connectivity index is 2.50. The number of benzene rings is 1. The summed E-state index contributed by atoms with van der Waals surface area (Å²) in [5.74, 6) is -0.289. The van der Waals surface area contributed by atoms with E-state index in [2.05, 4.69) is 9.72 Å². The lowest BCUT2D eigenvalue weighted by atomic mass is 10.1. The van der Waals surface area contributed by atoms with E-state index in [9.17, 15) is 13.2 Å². The average molecular weight is 400 g/mol. The van der Waals surface area contributed by atoms with Crippen LogP contribution in [0.4, 0.5) is 13.2 Å². The fraction of sp³-hybridized carbons (Fsp3) is 0.0833. The lowest BCUT2D eigenvalue weighted by molar-refractivity contribution is -0.274. The Morgan fingerprint density at radius 3 is 2.53 bits per heavy atom. The van der Waals surface area contributed by atoms with Gasteiger partial charge in [-0.25, -0.2) is 0 Å². The zero-order chi connectivity index (χ0) is 14.0. The van der Waals surface area contributed by atoms with Gasteiger partial charge in [0.15, 0.2) is 0 Å². The van der Waals surface area contributed by atoms with Crippen molar-refractivity contribution < 1.29 is 17.9 Å². The first kappa shape index (κ1) is 14.4. The summed E-state index contributed by atoms with van der Waals surface area (Å²) in [5.41, 5.74) is 0.658. The predicted octanol–water partition coefficient (Wildman–Crippen LogP) is 4.91. The summed E-state index contributed by atoms with van der Waals surface area (Å²) >= 11 is 7.73. The number of nitrogens with zero attached hydrogens (tertiary/aromatic N) is 1. The highest BCUT2D eigenvalue weighted by Crippen LogP contribution is 2.35. The third kappa shape index (κ3) is 3.73. The van der Waals surface area contributed by atoms with Crippen LogP contribution in [0, 0.1) is 3.57 Å². The SMILES string of the molecule is FC(F)(F)Oc1ccccc1-c1ncc(Cl)cc1I. The van der Waals surface area contributed by atoms with Gasteiger partial charge in [-0.15, -0.1) is 13.2 Å². The van der Waals surface area contributed by atoms with E-state index in [4.69, 9.17) is 11.6 Å². The molecule has 2 nitrogen and oxygen atoms in total. The van der Waals surface area contributed by atoms with Crippen molar-refractivity contribution in [2.24, 2.45) is 0 Å². The minimum absolute atomic E-state index is 0.265. The number of ether oxygens (including phenoxy) is 1. The molecule has 1 heterocycles. The minimum Gasteiger partial charge on any atom is -0.405 e. The highest BCUT2D eigenvalue weighted by molar-refractivity contribution is 14.1. The van der Waals surface area contributed by atoms with Crippen LogP contribution in [-0.2, 0) is 0 Å². The summed E-state index contributed by atoms with van der Waals surface area (Å²) in [6.07, 6.45) is -3.36. The van der Waals surface area contributed by atoms with Gasteiger partial charge in [0.25, 0.3) is 0 Å². The normalized spacial score (nSPS) is 11.4. The van der Waals surface area contributed by atoms with Crippen LogP contribution in [0.5, 0.6) is 5.75 Å². The van der Waals surface area contributed by atoms with Crippen molar-refractivity contribution in [1.29, 1.82) is 0 Å². The molecule has 0 N–H and O–H groups in total. The third-order valence-electron chi connectivity index (χ3n) is 2.18. The van der Waals surface area contributed by atoms with E-state index in [1.165, 1.54) is 24.4 Å². The number of para-hydroxylation sites is 1. The number of alkyl halides is 3. The smallest absolute Gasteiger partial charge is 0.405 e. The number of halogens is 5. The second kappa shape index (κ2) is 5.54. The number of aromatic nitrogens is 1. The summed E-state index contributed by atoms with van der Waals surface area (Å²) in [4.78, 5) is 4.05. The van der Waals surface area contributed by atoms with E-state index < -0.39 is 6.36 Å². The molecular formula is C12H6ClF3INO. The van der Waals surface area contributed by atoms with Crippen molar-refractivity contribution in [3.05, 3.63) is 45.1 Å². The molecule has 0 saturated carbocycles. The molecule has 0 saturated heterocycles. The molecule has 0 fully saturated rings. The van der Waals surface area contributed by atoms with Crippen LogP contribution >= 0.6 is 34.2 Å². The lowest BCUT2D eigenvalue weighted by Crippen LogP contribution is -2.17. The van der Waals surface area contributed by atoms with E-state index in [0.717, 1.165) is 0 Å². The molecule has 7 heteroatoms. The molecule has 2 rings (SSSR count). The highest BCUT2D eigenvalue weighted by atomic mass is 127. The maximum absolute atomic E-state index is 12.3. The molecular weight excluding hydrogens is 393 g/mol. The minimum atomic E-state index is -4.74. The highest BCUT2D eigenvalue weighted by Gasteiger charge is 2.32. The molecule has 19 heavy (non-hydrogen) atoms. The standard InChI is InChI=1S/C12H6ClF3INO/c13-7-5-9(17)11(18-6-7)8-3-1-2-4-10(8)19-12(14,15)16/h1-6H. The van der Waals surface area contributed by atoms with Gasteiger partial charge in [-0.1, -0.05) is 23.7 Å². The summed E-state index contributed by atoms with van der Waals surface area (Å²) in [6, 6.07) is 7.46. The first-order chi connectivity index (χ1) is 8.87. The van der Waals surface area contributed by atoms with Crippen molar-refractivity contribution in [3.63, 3.8) is 0 Å². The van der Waals surface area contributed by atoms with Crippen molar-refractivity contribution in [3.8, 4) is 17.0 Å². The van der Waals surface area contributed by atoms with Crippen molar-refractivity contribution in [2.45, 2.75) is 6.36 Å². The molecule has 0 aliphatic rings. The molecule has 1 aromatic carbocycles. The van der Waals surface area contributed by atoms with Gasteiger partial charge in [0, 0.05) is 15.3 Å². The summed E-state index contributed by atoms with van der Waals surface area (Å²) in [5, 5.41) is 0.419. The van der Waals surface area contributed by atoms with Crippen molar-refractivity contribution in [1.82, 2.24) is 4.98 Å². The van der Waals surface area contributed by atoms with E-state index in [1.54, 1.807) is 12.1 Å². The van der Waals surface area contributed by atoms with Gasteiger partial charge in [0.2, 0.25) is 0 Å². The molecule has 2 aromatic rings. The first-order valence-corrected chi connectivity index (χ1v) is 6.49. The van der Waals surface area contributed by atoms with E-state index in [1.807, 2.05) is 22.6 Å². The predicted molar refractivity (Wildman–Crippen MR) is 74.1 cm³/mol. The van der Waals surface area contributed by atoms with Crippen LogP contribution in [0.3, 0.4) is 0 Å².